The van der Waals surface area contributed by atoms with Gasteiger partial charge in [-0.2, -0.15) is 13.2 Å². The summed E-state index contributed by atoms with van der Waals surface area (Å²) in [5.74, 6) is 0.433. The molecule has 1 amide bonds. The molecule has 0 spiro atoms. The van der Waals surface area contributed by atoms with Gasteiger partial charge >= 0.3 is 6.18 Å². The number of halogens is 4. The number of anilines is 1. The minimum Gasteiger partial charge on any atom is -0.312 e. The van der Waals surface area contributed by atoms with Gasteiger partial charge in [0, 0.05) is 35.8 Å². The number of thioether (sulfide) groups is 1. The fourth-order valence-electron chi connectivity index (χ4n) is 2.28. The first-order valence-corrected chi connectivity index (χ1v) is 8.27. The van der Waals surface area contributed by atoms with Crippen LogP contribution in [-0.2, 0) is 15.8 Å². The van der Waals surface area contributed by atoms with E-state index in [2.05, 4.69) is 15.9 Å². The predicted octanol–water partition coefficient (Wildman–Crippen LogP) is 4.10. The van der Waals surface area contributed by atoms with Crippen molar-refractivity contribution in [3.8, 4) is 0 Å². The SMILES string of the molecule is CC(=O)SCC1CC(=O)N(c2ccc(C(F)(F)F)c(Br)c2)C1. The van der Waals surface area contributed by atoms with Gasteiger partial charge in [0.15, 0.2) is 5.12 Å². The number of hydrogen-bond acceptors (Lipinski definition) is 3. The molecule has 1 aromatic rings. The summed E-state index contributed by atoms with van der Waals surface area (Å²) in [4.78, 5) is 24.4. The van der Waals surface area contributed by atoms with E-state index in [-0.39, 0.29) is 21.4 Å². The van der Waals surface area contributed by atoms with Crippen molar-refractivity contribution in [3.63, 3.8) is 0 Å². The molecule has 8 heteroatoms. The summed E-state index contributed by atoms with van der Waals surface area (Å²) < 4.78 is 38.1. The van der Waals surface area contributed by atoms with E-state index in [0.29, 0.717) is 24.4 Å². The van der Waals surface area contributed by atoms with Crippen molar-refractivity contribution in [1.29, 1.82) is 0 Å². The van der Waals surface area contributed by atoms with Crippen LogP contribution in [-0.4, -0.2) is 23.3 Å². The highest BCUT2D eigenvalue weighted by atomic mass is 79.9. The van der Waals surface area contributed by atoms with Crippen LogP contribution < -0.4 is 4.90 Å². The summed E-state index contributed by atoms with van der Waals surface area (Å²) in [6, 6.07) is 3.57. The zero-order valence-electron chi connectivity index (χ0n) is 11.6. The van der Waals surface area contributed by atoms with E-state index < -0.39 is 11.7 Å². The lowest BCUT2D eigenvalue weighted by Gasteiger charge is -2.18. The summed E-state index contributed by atoms with van der Waals surface area (Å²) in [5, 5.41) is -0.0110. The summed E-state index contributed by atoms with van der Waals surface area (Å²) in [6.45, 7) is 1.88. The van der Waals surface area contributed by atoms with Crippen LogP contribution >= 0.6 is 27.7 Å². The first-order chi connectivity index (χ1) is 10.2. The lowest BCUT2D eigenvalue weighted by Crippen LogP contribution is -2.25. The minimum absolute atomic E-state index is 0.0110. The Balaban J connectivity index is 2.14. The van der Waals surface area contributed by atoms with Crippen LogP contribution in [0.4, 0.5) is 18.9 Å². The Labute approximate surface area is 138 Å². The van der Waals surface area contributed by atoms with Crippen LogP contribution in [0, 0.1) is 5.92 Å². The fraction of sp³-hybridized carbons (Fsp3) is 0.429. The predicted molar refractivity (Wildman–Crippen MR) is 82.7 cm³/mol. The van der Waals surface area contributed by atoms with Crippen molar-refractivity contribution in [2.75, 3.05) is 17.2 Å². The molecule has 0 bridgehead atoms. The van der Waals surface area contributed by atoms with Crippen molar-refractivity contribution in [1.82, 2.24) is 0 Å². The molecule has 3 nitrogen and oxygen atoms in total. The highest BCUT2D eigenvalue weighted by molar-refractivity contribution is 9.10. The molecule has 0 saturated carbocycles. The smallest absolute Gasteiger partial charge is 0.312 e. The van der Waals surface area contributed by atoms with Crippen molar-refractivity contribution >= 4 is 44.4 Å². The highest BCUT2D eigenvalue weighted by Gasteiger charge is 2.35. The standard InChI is InChI=1S/C14H13BrF3NO2S/c1-8(20)22-7-9-4-13(21)19(6-9)10-2-3-11(12(15)5-10)14(16,17)18/h2-3,5,9H,4,6-7H2,1H3. The van der Waals surface area contributed by atoms with Gasteiger partial charge in [-0.15, -0.1) is 0 Å². The van der Waals surface area contributed by atoms with E-state index >= 15 is 0 Å². The fourth-order valence-corrected chi connectivity index (χ4v) is 3.56. The Bertz CT molecular complexity index is 606. The van der Waals surface area contributed by atoms with Crippen LogP contribution in [0.3, 0.4) is 0 Å². The zero-order valence-corrected chi connectivity index (χ0v) is 14.0. The summed E-state index contributed by atoms with van der Waals surface area (Å²) >= 11 is 4.07. The highest BCUT2D eigenvalue weighted by Crippen LogP contribution is 2.38. The number of nitrogens with zero attached hydrogens (tertiary/aromatic N) is 1. The lowest BCUT2D eigenvalue weighted by atomic mass is 10.1. The van der Waals surface area contributed by atoms with Gasteiger partial charge in [0.1, 0.15) is 0 Å². The number of carbonyl (C=O) groups is 2. The maximum atomic E-state index is 12.7. The normalized spacial score (nSPS) is 18.9. The van der Waals surface area contributed by atoms with Crippen LogP contribution in [0.25, 0.3) is 0 Å². The van der Waals surface area contributed by atoms with E-state index in [4.69, 9.17) is 0 Å². The third kappa shape index (κ3) is 4.04. The molecule has 2 rings (SSSR count). The molecule has 1 aliphatic rings. The van der Waals surface area contributed by atoms with E-state index in [0.717, 1.165) is 17.8 Å². The molecule has 1 fully saturated rings. The number of rotatable bonds is 3. The van der Waals surface area contributed by atoms with Crippen molar-refractivity contribution < 1.29 is 22.8 Å². The number of amides is 1. The first-order valence-electron chi connectivity index (χ1n) is 6.49. The topological polar surface area (TPSA) is 37.4 Å². The second kappa shape index (κ2) is 6.62. The molecule has 1 aliphatic heterocycles. The quantitative estimate of drug-likeness (QED) is 0.772. The molecular weight excluding hydrogens is 383 g/mol. The van der Waals surface area contributed by atoms with Gasteiger partial charge in [0.2, 0.25) is 5.91 Å². The zero-order chi connectivity index (χ0) is 16.5. The monoisotopic (exact) mass is 395 g/mol. The van der Waals surface area contributed by atoms with Crippen molar-refractivity contribution in [2.24, 2.45) is 5.92 Å². The van der Waals surface area contributed by atoms with E-state index in [1.807, 2.05) is 0 Å². The molecule has 22 heavy (non-hydrogen) atoms. The largest absolute Gasteiger partial charge is 0.417 e. The van der Waals surface area contributed by atoms with Crippen molar-refractivity contribution in [3.05, 3.63) is 28.2 Å². The van der Waals surface area contributed by atoms with Crippen LogP contribution in [0.2, 0.25) is 0 Å². The van der Waals surface area contributed by atoms with E-state index in [1.54, 1.807) is 0 Å². The second-order valence-electron chi connectivity index (χ2n) is 5.04. The third-order valence-corrected chi connectivity index (χ3v) is 5.00. The van der Waals surface area contributed by atoms with Gasteiger partial charge in [-0.05, 0) is 24.1 Å². The van der Waals surface area contributed by atoms with Gasteiger partial charge in [0.05, 0.1) is 5.56 Å². The lowest BCUT2D eigenvalue weighted by molar-refractivity contribution is -0.138. The van der Waals surface area contributed by atoms with Crippen LogP contribution in [0.1, 0.15) is 18.9 Å². The van der Waals surface area contributed by atoms with Gasteiger partial charge in [-0.25, -0.2) is 0 Å². The number of hydrogen-bond donors (Lipinski definition) is 0. The van der Waals surface area contributed by atoms with Gasteiger partial charge < -0.3 is 4.90 Å². The Hall–Kier alpha value is -1.02. The Kier molecular flexibility index (Phi) is 5.21. The molecule has 0 radical (unpaired) electrons. The molecule has 1 saturated heterocycles. The maximum absolute atomic E-state index is 12.7. The van der Waals surface area contributed by atoms with Gasteiger partial charge in [-0.3, -0.25) is 9.59 Å². The Morgan fingerprint density at radius 2 is 2.14 bits per heavy atom. The van der Waals surface area contributed by atoms with Gasteiger partial charge in [0.25, 0.3) is 0 Å². The Morgan fingerprint density at radius 3 is 2.68 bits per heavy atom. The summed E-state index contributed by atoms with van der Waals surface area (Å²) in [6.07, 6.45) is -4.13. The third-order valence-electron chi connectivity index (χ3n) is 3.30. The second-order valence-corrected chi connectivity index (χ2v) is 7.09. The molecule has 0 aliphatic carbocycles. The molecule has 120 valence electrons. The molecule has 1 aromatic carbocycles. The summed E-state index contributed by atoms with van der Waals surface area (Å²) in [5.41, 5.74) is -0.341. The average Bonchev–Trinajstić information content (AvgIpc) is 2.76. The van der Waals surface area contributed by atoms with Gasteiger partial charge in [-0.1, -0.05) is 27.7 Å². The number of benzene rings is 1. The van der Waals surface area contributed by atoms with E-state index in [1.165, 1.54) is 24.0 Å². The number of carbonyl (C=O) groups excluding carboxylic acids is 2. The first kappa shape index (κ1) is 17.3. The molecule has 0 aromatic heterocycles. The van der Waals surface area contributed by atoms with Crippen LogP contribution in [0.5, 0.6) is 0 Å². The maximum Gasteiger partial charge on any atom is 0.417 e. The number of alkyl halides is 3. The molecule has 1 unspecified atom stereocenters. The Morgan fingerprint density at radius 1 is 1.45 bits per heavy atom. The van der Waals surface area contributed by atoms with E-state index in [9.17, 15) is 22.8 Å². The minimum atomic E-state index is -4.44. The average molecular weight is 396 g/mol. The van der Waals surface area contributed by atoms with Crippen LogP contribution in [0.15, 0.2) is 22.7 Å². The molecular formula is C14H13BrF3NO2S. The van der Waals surface area contributed by atoms with Crippen molar-refractivity contribution in [2.45, 2.75) is 19.5 Å². The summed E-state index contributed by atoms with van der Waals surface area (Å²) in [7, 11) is 0. The molecule has 1 atom stereocenters. The molecule has 0 N–H and O–H groups in total. The molecule has 1 heterocycles.